The lowest BCUT2D eigenvalue weighted by molar-refractivity contribution is 0.0599. The Hall–Kier alpha value is -2.08. The lowest BCUT2D eigenvalue weighted by Crippen LogP contribution is -2.26. The molecule has 110 valence electrons. The first-order valence-corrected chi connectivity index (χ1v) is 6.24. The molecule has 0 fully saturated rings. The van der Waals surface area contributed by atoms with Crippen LogP contribution >= 0.6 is 0 Å². The number of methoxy groups -OCH3 is 2. The topological polar surface area (TPSA) is 76.1 Å². The standard InChI is InChI=1S/C14H19NO5/c1-4-15(5-6-16)12-8-10(13(17)19-2)7-11(9-12)14(18)20-3/h7-9,16H,4-6H2,1-3H3. The fourth-order valence-electron chi connectivity index (χ4n) is 1.86. The Labute approximate surface area is 117 Å². The molecule has 0 aliphatic carbocycles. The number of anilines is 1. The number of aliphatic hydroxyl groups excluding tert-OH is 1. The second-order valence-electron chi connectivity index (χ2n) is 4.06. The van der Waals surface area contributed by atoms with Gasteiger partial charge in [-0.15, -0.1) is 0 Å². The van der Waals surface area contributed by atoms with Crippen LogP contribution in [0.4, 0.5) is 5.69 Å². The Morgan fingerprint density at radius 2 is 1.60 bits per heavy atom. The van der Waals surface area contributed by atoms with Crippen molar-refractivity contribution in [1.82, 2.24) is 0 Å². The van der Waals surface area contributed by atoms with Crippen molar-refractivity contribution in [2.75, 3.05) is 38.8 Å². The number of benzene rings is 1. The molecule has 0 saturated heterocycles. The van der Waals surface area contributed by atoms with Gasteiger partial charge in [0.05, 0.1) is 32.0 Å². The van der Waals surface area contributed by atoms with E-state index in [2.05, 4.69) is 9.47 Å². The Morgan fingerprint density at radius 1 is 1.10 bits per heavy atom. The molecule has 1 aromatic rings. The molecule has 1 N–H and O–H groups in total. The average Bonchev–Trinajstić information content (AvgIpc) is 2.50. The van der Waals surface area contributed by atoms with Gasteiger partial charge < -0.3 is 19.5 Å². The number of carbonyl (C=O) groups is 2. The molecule has 0 aliphatic heterocycles. The Morgan fingerprint density at radius 3 is 1.95 bits per heavy atom. The van der Waals surface area contributed by atoms with Gasteiger partial charge in [0.2, 0.25) is 0 Å². The lowest BCUT2D eigenvalue weighted by Gasteiger charge is -2.23. The Balaban J connectivity index is 3.28. The molecule has 6 nitrogen and oxygen atoms in total. The molecule has 1 aromatic carbocycles. The summed E-state index contributed by atoms with van der Waals surface area (Å²) in [5.41, 5.74) is 1.19. The average molecular weight is 281 g/mol. The lowest BCUT2D eigenvalue weighted by atomic mass is 10.1. The number of hydrogen-bond acceptors (Lipinski definition) is 6. The number of rotatable bonds is 6. The van der Waals surface area contributed by atoms with Gasteiger partial charge in [-0.1, -0.05) is 0 Å². The normalized spacial score (nSPS) is 10.0. The SMILES string of the molecule is CCN(CCO)c1cc(C(=O)OC)cc(C(=O)OC)c1. The highest BCUT2D eigenvalue weighted by Gasteiger charge is 2.16. The van der Waals surface area contributed by atoms with Crippen molar-refractivity contribution in [2.24, 2.45) is 0 Å². The van der Waals surface area contributed by atoms with Crippen LogP contribution < -0.4 is 4.90 Å². The van der Waals surface area contributed by atoms with Crippen LogP contribution in [0.15, 0.2) is 18.2 Å². The summed E-state index contributed by atoms with van der Waals surface area (Å²) in [4.78, 5) is 25.2. The molecule has 0 aromatic heterocycles. The van der Waals surface area contributed by atoms with Crippen LogP contribution in [0.2, 0.25) is 0 Å². The summed E-state index contributed by atoms with van der Waals surface area (Å²) < 4.78 is 9.35. The Bertz CT molecular complexity index is 452. The molecular weight excluding hydrogens is 262 g/mol. The first kappa shape index (κ1) is 16.0. The molecule has 0 heterocycles. The number of nitrogens with zero attached hydrogens (tertiary/aromatic N) is 1. The quantitative estimate of drug-likeness (QED) is 0.786. The number of aliphatic hydroxyl groups is 1. The molecule has 0 spiro atoms. The first-order chi connectivity index (χ1) is 9.57. The second kappa shape index (κ2) is 7.49. The largest absolute Gasteiger partial charge is 0.465 e. The highest BCUT2D eigenvalue weighted by Crippen LogP contribution is 2.20. The molecule has 0 saturated carbocycles. The maximum atomic E-state index is 11.7. The van der Waals surface area contributed by atoms with E-state index < -0.39 is 11.9 Å². The van der Waals surface area contributed by atoms with Crippen LogP contribution in [0.1, 0.15) is 27.6 Å². The van der Waals surface area contributed by atoms with Crippen LogP contribution in [0.25, 0.3) is 0 Å². The van der Waals surface area contributed by atoms with Crippen LogP contribution in [0, 0.1) is 0 Å². The van der Waals surface area contributed by atoms with E-state index in [1.54, 1.807) is 12.1 Å². The van der Waals surface area contributed by atoms with Crippen molar-refractivity contribution in [3.05, 3.63) is 29.3 Å². The Kier molecular flexibility index (Phi) is 5.99. The first-order valence-electron chi connectivity index (χ1n) is 6.24. The maximum Gasteiger partial charge on any atom is 0.337 e. The van der Waals surface area contributed by atoms with Crippen molar-refractivity contribution in [3.8, 4) is 0 Å². The second-order valence-corrected chi connectivity index (χ2v) is 4.06. The van der Waals surface area contributed by atoms with Gasteiger partial charge in [-0.05, 0) is 25.1 Å². The zero-order chi connectivity index (χ0) is 15.1. The van der Waals surface area contributed by atoms with Gasteiger partial charge in [-0.2, -0.15) is 0 Å². The fourth-order valence-corrected chi connectivity index (χ4v) is 1.86. The fraction of sp³-hybridized carbons (Fsp3) is 0.429. The molecule has 0 atom stereocenters. The third-order valence-corrected chi connectivity index (χ3v) is 2.88. The van der Waals surface area contributed by atoms with E-state index in [1.807, 2.05) is 11.8 Å². The van der Waals surface area contributed by atoms with Gasteiger partial charge in [0.15, 0.2) is 0 Å². The van der Waals surface area contributed by atoms with Crippen molar-refractivity contribution >= 4 is 17.6 Å². The number of carbonyl (C=O) groups excluding carboxylic acids is 2. The predicted octanol–water partition coefficient (Wildman–Crippen LogP) is 1.08. The summed E-state index contributed by atoms with van der Waals surface area (Å²) >= 11 is 0. The monoisotopic (exact) mass is 281 g/mol. The van der Waals surface area contributed by atoms with Crippen LogP contribution in [-0.2, 0) is 9.47 Å². The molecule has 1 rings (SSSR count). The molecule has 0 aliphatic rings. The number of likely N-dealkylation sites (N-methyl/N-ethyl adjacent to an activating group) is 1. The molecule has 6 heteroatoms. The zero-order valence-electron chi connectivity index (χ0n) is 11.9. The zero-order valence-corrected chi connectivity index (χ0v) is 11.9. The molecule has 0 unspecified atom stereocenters. The summed E-state index contributed by atoms with van der Waals surface area (Å²) in [5.74, 6) is -1.06. The smallest absolute Gasteiger partial charge is 0.337 e. The van der Waals surface area contributed by atoms with E-state index in [-0.39, 0.29) is 17.7 Å². The number of hydrogen-bond donors (Lipinski definition) is 1. The summed E-state index contributed by atoms with van der Waals surface area (Å²) in [6, 6.07) is 4.67. The van der Waals surface area contributed by atoms with E-state index in [0.29, 0.717) is 18.8 Å². The van der Waals surface area contributed by atoms with Crippen molar-refractivity contribution < 1.29 is 24.2 Å². The van der Waals surface area contributed by atoms with Crippen molar-refractivity contribution in [1.29, 1.82) is 0 Å². The summed E-state index contributed by atoms with van der Waals surface area (Å²) in [6.45, 7) is 2.93. The summed E-state index contributed by atoms with van der Waals surface area (Å²) in [5, 5.41) is 9.05. The van der Waals surface area contributed by atoms with Crippen molar-refractivity contribution in [2.45, 2.75) is 6.92 Å². The van der Waals surface area contributed by atoms with Gasteiger partial charge in [0.25, 0.3) is 0 Å². The molecule has 20 heavy (non-hydrogen) atoms. The summed E-state index contributed by atoms with van der Waals surface area (Å²) in [7, 11) is 2.55. The molecule has 0 radical (unpaired) electrons. The van der Waals surface area contributed by atoms with E-state index in [4.69, 9.17) is 5.11 Å². The minimum Gasteiger partial charge on any atom is -0.465 e. The number of esters is 2. The van der Waals surface area contributed by atoms with Crippen LogP contribution in [0.5, 0.6) is 0 Å². The van der Waals surface area contributed by atoms with E-state index in [1.165, 1.54) is 20.3 Å². The predicted molar refractivity (Wildman–Crippen MR) is 74.1 cm³/mol. The van der Waals surface area contributed by atoms with E-state index in [0.717, 1.165) is 0 Å². The minimum absolute atomic E-state index is 0.0240. The van der Waals surface area contributed by atoms with Crippen LogP contribution in [-0.4, -0.2) is 51.0 Å². The van der Waals surface area contributed by atoms with E-state index in [9.17, 15) is 9.59 Å². The third kappa shape index (κ3) is 3.71. The van der Waals surface area contributed by atoms with Gasteiger partial charge >= 0.3 is 11.9 Å². The highest BCUT2D eigenvalue weighted by molar-refractivity contribution is 5.97. The molecule has 0 amide bonds. The van der Waals surface area contributed by atoms with E-state index >= 15 is 0 Å². The minimum atomic E-state index is -0.531. The highest BCUT2D eigenvalue weighted by atomic mass is 16.5. The summed E-state index contributed by atoms with van der Waals surface area (Å²) in [6.07, 6.45) is 0. The van der Waals surface area contributed by atoms with Crippen LogP contribution in [0.3, 0.4) is 0 Å². The van der Waals surface area contributed by atoms with Gasteiger partial charge in [-0.3, -0.25) is 0 Å². The molecular formula is C14H19NO5. The van der Waals surface area contributed by atoms with Gasteiger partial charge in [0.1, 0.15) is 0 Å². The van der Waals surface area contributed by atoms with Gasteiger partial charge in [-0.25, -0.2) is 9.59 Å². The molecule has 0 bridgehead atoms. The van der Waals surface area contributed by atoms with Crippen molar-refractivity contribution in [3.63, 3.8) is 0 Å². The third-order valence-electron chi connectivity index (χ3n) is 2.88. The maximum absolute atomic E-state index is 11.7. The van der Waals surface area contributed by atoms with Gasteiger partial charge in [0, 0.05) is 18.8 Å². The number of ether oxygens (including phenoxy) is 2.